The first kappa shape index (κ1) is 9.21. The molecule has 1 fully saturated rings. The number of hydrogen-bond acceptors (Lipinski definition) is 3. The maximum Gasteiger partial charge on any atom is 0.152 e. The van der Waals surface area contributed by atoms with Crippen molar-refractivity contribution >= 4 is 12.0 Å². The molecule has 0 amide bonds. The van der Waals surface area contributed by atoms with Crippen LogP contribution < -0.4 is 4.90 Å². The molecule has 0 spiro atoms. The molecule has 1 aliphatic rings. The van der Waals surface area contributed by atoms with Crippen molar-refractivity contribution in [1.29, 1.82) is 0 Å². The molecule has 0 unspecified atom stereocenters. The lowest BCUT2D eigenvalue weighted by Crippen LogP contribution is -2.47. The zero-order chi connectivity index (χ0) is 9.97. The maximum absolute atomic E-state index is 10.8. The maximum atomic E-state index is 10.8. The van der Waals surface area contributed by atoms with Crippen molar-refractivity contribution in [2.24, 2.45) is 0 Å². The van der Waals surface area contributed by atoms with E-state index in [-0.39, 0.29) is 0 Å². The monoisotopic (exact) mass is 191 g/mol. The first-order valence-electron chi connectivity index (χ1n) is 4.67. The molecule has 1 heterocycles. The Hall–Kier alpha value is -1.35. The molecule has 0 radical (unpaired) electrons. The smallest absolute Gasteiger partial charge is 0.152 e. The average Bonchev–Trinajstić information content (AvgIpc) is 2.15. The molecule has 0 N–H and O–H groups in total. The minimum atomic E-state index is 0.413. The largest absolute Gasteiger partial charge is 0.377 e. The van der Waals surface area contributed by atoms with Crippen LogP contribution in [0.15, 0.2) is 24.3 Å². The Morgan fingerprint density at radius 3 is 2.71 bits per heavy atom. The van der Waals surface area contributed by atoms with Gasteiger partial charge in [0.25, 0.3) is 0 Å². The standard InChI is InChI=1S/C11H13NO2/c1-12(10-7-14-8-10)11-5-3-2-4-9(11)6-13/h2-6,10H,7-8H2,1H3. The molecule has 3 nitrogen and oxygen atoms in total. The van der Waals surface area contributed by atoms with Crippen LogP contribution in [0.1, 0.15) is 10.4 Å². The van der Waals surface area contributed by atoms with Crippen molar-refractivity contribution in [3.05, 3.63) is 29.8 Å². The number of carbonyl (C=O) groups excluding carboxylic acids is 1. The van der Waals surface area contributed by atoms with Gasteiger partial charge in [0.05, 0.1) is 19.3 Å². The second kappa shape index (κ2) is 3.80. The Bertz CT molecular complexity index is 334. The number of hydrogen-bond donors (Lipinski definition) is 0. The third kappa shape index (κ3) is 1.51. The number of carbonyl (C=O) groups is 1. The number of anilines is 1. The van der Waals surface area contributed by atoms with Gasteiger partial charge in [-0.1, -0.05) is 12.1 Å². The van der Waals surface area contributed by atoms with Gasteiger partial charge < -0.3 is 9.64 Å². The normalized spacial score (nSPS) is 16.1. The molecule has 1 aromatic rings. The number of benzene rings is 1. The first-order chi connectivity index (χ1) is 6.83. The summed E-state index contributed by atoms with van der Waals surface area (Å²) in [6.07, 6.45) is 0.894. The van der Waals surface area contributed by atoms with Crippen LogP contribution in [0, 0.1) is 0 Å². The summed E-state index contributed by atoms with van der Waals surface area (Å²) in [5.41, 5.74) is 1.72. The first-order valence-corrected chi connectivity index (χ1v) is 4.67. The highest BCUT2D eigenvalue weighted by Gasteiger charge is 2.24. The van der Waals surface area contributed by atoms with Crippen molar-refractivity contribution in [3.8, 4) is 0 Å². The molecule has 74 valence electrons. The third-order valence-electron chi connectivity index (χ3n) is 2.61. The van der Waals surface area contributed by atoms with Gasteiger partial charge in [-0.25, -0.2) is 0 Å². The number of nitrogens with zero attached hydrogens (tertiary/aromatic N) is 1. The van der Waals surface area contributed by atoms with Gasteiger partial charge in [0, 0.05) is 18.3 Å². The van der Waals surface area contributed by atoms with Gasteiger partial charge in [-0.05, 0) is 12.1 Å². The van der Waals surface area contributed by atoms with Gasteiger partial charge in [0.1, 0.15) is 0 Å². The van der Waals surface area contributed by atoms with E-state index in [0.29, 0.717) is 6.04 Å². The molecule has 3 heteroatoms. The molecular formula is C11H13NO2. The summed E-state index contributed by atoms with van der Waals surface area (Å²) in [7, 11) is 2.00. The van der Waals surface area contributed by atoms with Crippen molar-refractivity contribution in [3.63, 3.8) is 0 Å². The molecule has 1 saturated heterocycles. The van der Waals surface area contributed by atoms with E-state index in [0.717, 1.165) is 30.8 Å². The topological polar surface area (TPSA) is 29.5 Å². The summed E-state index contributed by atoms with van der Waals surface area (Å²) in [6.45, 7) is 1.51. The van der Waals surface area contributed by atoms with E-state index in [1.165, 1.54) is 0 Å². The summed E-state index contributed by atoms with van der Waals surface area (Å²) in [6, 6.07) is 8.02. The van der Waals surface area contributed by atoms with E-state index in [9.17, 15) is 4.79 Å². The minimum absolute atomic E-state index is 0.413. The van der Waals surface area contributed by atoms with Gasteiger partial charge >= 0.3 is 0 Å². The zero-order valence-electron chi connectivity index (χ0n) is 8.14. The van der Waals surface area contributed by atoms with Crippen LogP contribution in [0.3, 0.4) is 0 Å². The van der Waals surface area contributed by atoms with Gasteiger partial charge in [0.15, 0.2) is 6.29 Å². The summed E-state index contributed by atoms with van der Waals surface area (Å²) >= 11 is 0. The number of likely N-dealkylation sites (N-methyl/N-ethyl adjacent to an activating group) is 1. The summed E-state index contributed by atoms with van der Waals surface area (Å²) in [4.78, 5) is 12.9. The Morgan fingerprint density at radius 1 is 1.43 bits per heavy atom. The van der Waals surface area contributed by atoms with Crippen molar-refractivity contribution in [1.82, 2.24) is 0 Å². The highest BCUT2D eigenvalue weighted by molar-refractivity contribution is 5.84. The fraction of sp³-hybridized carbons (Fsp3) is 0.364. The van der Waals surface area contributed by atoms with Crippen LogP contribution in [0.2, 0.25) is 0 Å². The average molecular weight is 191 g/mol. The zero-order valence-corrected chi connectivity index (χ0v) is 8.14. The Balaban J connectivity index is 2.24. The lowest BCUT2D eigenvalue weighted by Gasteiger charge is -2.36. The third-order valence-corrected chi connectivity index (χ3v) is 2.61. The van der Waals surface area contributed by atoms with Gasteiger partial charge in [-0.15, -0.1) is 0 Å². The van der Waals surface area contributed by atoms with E-state index in [4.69, 9.17) is 4.74 Å². The predicted octanol–water partition coefficient (Wildman–Crippen LogP) is 1.33. The highest BCUT2D eigenvalue weighted by Crippen LogP contribution is 2.22. The molecule has 0 saturated carbocycles. The summed E-state index contributed by atoms with van der Waals surface area (Å²) in [5, 5.41) is 0. The number of aldehydes is 1. The second-order valence-electron chi connectivity index (χ2n) is 3.48. The summed E-state index contributed by atoms with van der Waals surface area (Å²) < 4.78 is 5.12. The SMILES string of the molecule is CN(c1ccccc1C=O)C1COC1. The van der Waals surface area contributed by atoms with Crippen LogP contribution in [0.4, 0.5) is 5.69 Å². The summed E-state index contributed by atoms with van der Waals surface area (Å²) in [5.74, 6) is 0. The lowest BCUT2D eigenvalue weighted by molar-refractivity contribution is 0.0101. The van der Waals surface area contributed by atoms with Crippen molar-refractivity contribution in [2.75, 3.05) is 25.2 Å². The number of rotatable bonds is 3. The number of ether oxygens (including phenoxy) is 1. The Kier molecular flexibility index (Phi) is 2.50. The molecule has 0 bridgehead atoms. The molecule has 1 aromatic carbocycles. The van der Waals surface area contributed by atoms with Gasteiger partial charge in [-0.3, -0.25) is 4.79 Å². The highest BCUT2D eigenvalue weighted by atomic mass is 16.5. The molecule has 1 aliphatic heterocycles. The Morgan fingerprint density at radius 2 is 2.14 bits per heavy atom. The quantitative estimate of drug-likeness (QED) is 0.675. The van der Waals surface area contributed by atoms with E-state index in [2.05, 4.69) is 4.90 Å². The second-order valence-corrected chi connectivity index (χ2v) is 3.48. The van der Waals surface area contributed by atoms with E-state index in [1.54, 1.807) is 0 Å². The minimum Gasteiger partial charge on any atom is -0.377 e. The van der Waals surface area contributed by atoms with E-state index in [1.807, 2.05) is 31.3 Å². The molecule has 14 heavy (non-hydrogen) atoms. The number of para-hydroxylation sites is 1. The van der Waals surface area contributed by atoms with Crippen LogP contribution >= 0.6 is 0 Å². The molecule has 0 aliphatic carbocycles. The van der Waals surface area contributed by atoms with Crippen LogP contribution in [0.5, 0.6) is 0 Å². The van der Waals surface area contributed by atoms with Crippen molar-refractivity contribution in [2.45, 2.75) is 6.04 Å². The van der Waals surface area contributed by atoms with E-state index < -0.39 is 0 Å². The molecule has 0 atom stereocenters. The fourth-order valence-corrected chi connectivity index (χ4v) is 1.55. The van der Waals surface area contributed by atoms with Crippen LogP contribution in [-0.2, 0) is 4.74 Å². The van der Waals surface area contributed by atoms with Crippen LogP contribution in [-0.4, -0.2) is 32.6 Å². The van der Waals surface area contributed by atoms with E-state index >= 15 is 0 Å². The van der Waals surface area contributed by atoms with Crippen LogP contribution in [0.25, 0.3) is 0 Å². The fourth-order valence-electron chi connectivity index (χ4n) is 1.55. The predicted molar refractivity (Wildman–Crippen MR) is 54.8 cm³/mol. The van der Waals surface area contributed by atoms with Crippen molar-refractivity contribution < 1.29 is 9.53 Å². The molecule has 0 aromatic heterocycles. The van der Waals surface area contributed by atoms with Gasteiger partial charge in [-0.2, -0.15) is 0 Å². The molecule has 2 rings (SSSR count). The molecular weight excluding hydrogens is 178 g/mol. The Labute approximate surface area is 83.3 Å². The van der Waals surface area contributed by atoms with Gasteiger partial charge in [0.2, 0.25) is 0 Å². The lowest BCUT2D eigenvalue weighted by atomic mass is 10.1.